The summed E-state index contributed by atoms with van der Waals surface area (Å²) in [4.78, 5) is 2.21. The minimum absolute atomic E-state index is 0.110. The number of nitrogens with zero attached hydrogens (tertiary/aromatic N) is 1. The molecule has 0 bridgehead atoms. The number of rotatable bonds is 1. The summed E-state index contributed by atoms with van der Waals surface area (Å²) in [7, 11) is 0. The first-order valence-electron chi connectivity index (χ1n) is 4.99. The first kappa shape index (κ1) is 9.46. The first-order chi connectivity index (χ1) is 6.77. The van der Waals surface area contributed by atoms with E-state index in [4.69, 9.17) is 0 Å². The monoisotopic (exact) mass is 194 g/mol. The number of benzene rings is 1. The molecule has 14 heavy (non-hydrogen) atoms. The van der Waals surface area contributed by atoms with Gasteiger partial charge in [-0.1, -0.05) is 6.07 Å². The Kier molecular flexibility index (Phi) is 2.68. The van der Waals surface area contributed by atoms with Crippen molar-refractivity contribution >= 4 is 5.69 Å². The van der Waals surface area contributed by atoms with E-state index >= 15 is 0 Å². The Balaban J connectivity index is 2.18. The van der Waals surface area contributed by atoms with Gasteiger partial charge in [0.2, 0.25) is 0 Å². The van der Waals surface area contributed by atoms with Gasteiger partial charge in [0.25, 0.3) is 0 Å². The lowest BCUT2D eigenvalue weighted by Crippen LogP contribution is -2.43. The molecule has 0 unspecified atom stereocenters. The Bertz CT molecular complexity index is 319. The van der Waals surface area contributed by atoms with Gasteiger partial charge < -0.3 is 10.2 Å². The molecule has 2 nitrogen and oxygen atoms in total. The number of hydrogen-bond donors (Lipinski definition) is 1. The van der Waals surface area contributed by atoms with E-state index in [0.29, 0.717) is 5.56 Å². The smallest absolute Gasteiger partial charge is 0.128 e. The van der Waals surface area contributed by atoms with Crippen LogP contribution in [0, 0.1) is 12.7 Å². The molecule has 1 aliphatic heterocycles. The van der Waals surface area contributed by atoms with Crippen LogP contribution in [-0.4, -0.2) is 26.2 Å². The molecule has 1 heterocycles. The van der Waals surface area contributed by atoms with Crippen LogP contribution in [-0.2, 0) is 0 Å². The van der Waals surface area contributed by atoms with Crippen LogP contribution in [0.3, 0.4) is 0 Å². The van der Waals surface area contributed by atoms with E-state index in [1.807, 2.05) is 12.1 Å². The highest BCUT2D eigenvalue weighted by molar-refractivity contribution is 5.48. The normalized spacial score (nSPS) is 17.1. The van der Waals surface area contributed by atoms with Crippen molar-refractivity contribution in [1.29, 1.82) is 0 Å². The van der Waals surface area contributed by atoms with Crippen molar-refractivity contribution in [2.24, 2.45) is 0 Å². The fraction of sp³-hybridized carbons (Fsp3) is 0.455. The van der Waals surface area contributed by atoms with Gasteiger partial charge in [0.05, 0.1) is 0 Å². The molecule has 0 radical (unpaired) electrons. The van der Waals surface area contributed by atoms with E-state index in [1.165, 1.54) is 0 Å². The zero-order valence-corrected chi connectivity index (χ0v) is 8.39. The van der Waals surface area contributed by atoms with Gasteiger partial charge in [-0.05, 0) is 24.6 Å². The second-order valence-electron chi connectivity index (χ2n) is 3.67. The van der Waals surface area contributed by atoms with Gasteiger partial charge in [-0.15, -0.1) is 0 Å². The Labute approximate surface area is 83.7 Å². The van der Waals surface area contributed by atoms with Crippen LogP contribution in [0.25, 0.3) is 0 Å². The molecule has 1 fully saturated rings. The summed E-state index contributed by atoms with van der Waals surface area (Å²) in [5.41, 5.74) is 1.71. The summed E-state index contributed by atoms with van der Waals surface area (Å²) < 4.78 is 13.3. The topological polar surface area (TPSA) is 15.3 Å². The number of nitrogens with one attached hydrogen (secondary N) is 1. The van der Waals surface area contributed by atoms with E-state index in [-0.39, 0.29) is 5.82 Å². The zero-order chi connectivity index (χ0) is 9.97. The Morgan fingerprint density at radius 2 is 2.00 bits per heavy atom. The molecule has 0 aliphatic carbocycles. The fourth-order valence-corrected chi connectivity index (χ4v) is 1.70. The van der Waals surface area contributed by atoms with Crippen molar-refractivity contribution in [3.8, 4) is 0 Å². The number of hydrogen-bond acceptors (Lipinski definition) is 2. The first-order valence-corrected chi connectivity index (χ1v) is 4.99. The molecule has 0 amide bonds. The minimum atomic E-state index is -0.110. The molecule has 1 N–H and O–H groups in total. The van der Waals surface area contributed by atoms with E-state index < -0.39 is 0 Å². The number of halogens is 1. The van der Waals surface area contributed by atoms with E-state index in [9.17, 15) is 4.39 Å². The van der Waals surface area contributed by atoms with Gasteiger partial charge >= 0.3 is 0 Å². The second-order valence-corrected chi connectivity index (χ2v) is 3.67. The van der Waals surface area contributed by atoms with Gasteiger partial charge in [0.1, 0.15) is 5.82 Å². The summed E-state index contributed by atoms with van der Waals surface area (Å²) in [5.74, 6) is -0.110. The number of piperazine rings is 1. The highest BCUT2D eigenvalue weighted by atomic mass is 19.1. The van der Waals surface area contributed by atoms with Crippen molar-refractivity contribution in [2.45, 2.75) is 6.92 Å². The van der Waals surface area contributed by atoms with Crippen LogP contribution >= 0.6 is 0 Å². The summed E-state index contributed by atoms with van der Waals surface area (Å²) >= 11 is 0. The van der Waals surface area contributed by atoms with Crippen LogP contribution in [0.2, 0.25) is 0 Å². The number of aryl methyl sites for hydroxylation is 1. The summed E-state index contributed by atoms with van der Waals surface area (Å²) in [5, 5.41) is 3.28. The molecule has 0 atom stereocenters. The van der Waals surface area contributed by atoms with Crippen molar-refractivity contribution in [2.75, 3.05) is 31.1 Å². The van der Waals surface area contributed by atoms with Crippen LogP contribution in [0.1, 0.15) is 5.56 Å². The maximum absolute atomic E-state index is 13.3. The van der Waals surface area contributed by atoms with Gasteiger partial charge in [-0.2, -0.15) is 0 Å². The predicted molar refractivity (Wildman–Crippen MR) is 56.2 cm³/mol. The third kappa shape index (κ3) is 1.87. The Morgan fingerprint density at radius 1 is 1.29 bits per heavy atom. The lowest BCUT2D eigenvalue weighted by molar-refractivity contribution is 0.583. The molecule has 0 aromatic heterocycles. The standard InChI is InChI=1S/C11H15FN2/c1-9-2-3-10(8-11(9)12)14-6-4-13-5-7-14/h2-3,8,13H,4-7H2,1H3. The highest BCUT2D eigenvalue weighted by Crippen LogP contribution is 2.18. The average molecular weight is 194 g/mol. The van der Waals surface area contributed by atoms with Crippen LogP contribution in [0.4, 0.5) is 10.1 Å². The summed E-state index contributed by atoms with van der Waals surface area (Å²) in [6, 6.07) is 5.46. The van der Waals surface area contributed by atoms with Crippen molar-refractivity contribution in [3.63, 3.8) is 0 Å². The van der Waals surface area contributed by atoms with E-state index in [0.717, 1.165) is 31.9 Å². The van der Waals surface area contributed by atoms with Crippen LogP contribution < -0.4 is 10.2 Å². The lowest BCUT2D eigenvalue weighted by Gasteiger charge is -2.29. The van der Waals surface area contributed by atoms with E-state index in [2.05, 4.69) is 10.2 Å². The minimum Gasteiger partial charge on any atom is -0.369 e. The molecule has 0 spiro atoms. The second kappa shape index (κ2) is 3.96. The maximum Gasteiger partial charge on any atom is 0.128 e. The quantitative estimate of drug-likeness (QED) is 0.729. The third-order valence-electron chi connectivity index (χ3n) is 2.64. The zero-order valence-electron chi connectivity index (χ0n) is 8.39. The SMILES string of the molecule is Cc1ccc(N2CCNCC2)cc1F. The Morgan fingerprint density at radius 3 is 2.64 bits per heavy atom. The molecular formula is C11H15FN2. The van der Waals surface area contributed by atoms with Gasteiger partial charge in [-0.3, -0.25) is 0 Å². The molecule has 3 heteroatoms. The van der Waals surface area contributed by atoms with Crippen LogP contribution in [0.5, 0.6) is 0 Å². The van der Waals surface area contributed by atoms with Gasteiger partial charge in [-0.25, -0.2) is 4.39 Å². The predicted octanol–water partition coefficient (Wildman–Crippen LogP) is 1.54. The number of anilines is 1. The van der Waals surface area contributed by atoms with Crippen LogP contribution in [0.15, 0.2) is 18.2 Å². The molecular weight excluding hydrogens is 179 g/mol. The molecule has 1 aromatic carbocycles. The van der Waals surface area contributed by atoms with E-state index in [1.54, 1.807) is 13.0 Å². The summed E-state index contributed by atoms with van der Waals surface area (Å²) in [6.45, 7) is 5.67. The Hall–Kier alpha value is -1.09. The largest absolute Gasteiger partial charge is 0.369 e. The lowest BCUT2D eigenvalue weighted by atomic mass is 10.2. The van der Waals surface area contributed by atoms with Gasteiger partial charge in [0, 0.05) is 31.9 Å². The summed E-state index contributed by atoms with van der Waals surface area (Å²) in [6.07, 6.45) is 0. The van der Waals surface area contributed by atoms with Crippen molar-refractivity contribution < 1.29 is 4.39 Å². The average Bonchev–Trinajstić information content (AvgIpc) is 2.23. The molecule has 2 rings (SSSR count). The molecule has 1 saturated heterocycles. The molecule has 1 aromatic rings. The maximum atomic E-state index is 13.3. The van der Waals surface area contributed by atoms with Crippen molar-refractivity contribution in [1.82, 2.24) is 5.32 Å². The molecule has 76 valence electrons. The fourth-order valence-electron chi connectivity index (χ4n) is 1.70. The third-order valence-corrected chi connectivity index (χ3v) is 2.64. The van der Waals surface area contributed by atoms with Gasteiger partial charge in [0.15, 0.2) is 0 Å². The van der Waals surface area contributed by atoms with Crippen molar-refractivity contribution in [3.05, 3.63) is 29.6 Å². The highest BCUT2D eigenvalue weighted by Gasteiger charge is 2.11. The molecule has 0 saturated carbocycles. The molecule has 1 aliphatic rings.